The molecule has 1 fully saturated rings. The summed E-state index contributed by atoms with van der Waals surface area (Å²) in [5.41, 5.74) is 3.43. The van der Waals surface area contributed by atoms with E-state index in [1.54, 1.807) is 24.7 Å². The Labute approximate surface area is 190 Å². The van der Waals surface area contributed by atoms with Gasteiger partial charge in [-0.3, -0.25) is 4.79 Å². The SMILES string of the molecule is O=C(c1cnc(NC2Cc3ccc(F)cc3C2)nc1)N1CCC(COCc2cn[nH]n2)CC1. The van der Waals surface area contributed by atoms with Gasteiger partial charge in [-0.25, -0.2) is 14.4 Å². The average molecular weight is 452 g/mol. The van der Waals surface area contributed by atoms with Gasteiger partial charge in [0, 0.05) is 31.5 Å². The van der Waals surface area contributed by atoms with Gasteiger partial charge in [0.15, 0.2) is 0 Å². The highest BCUT2D eigenvalue weighted by Gasteiger charge is 2.25. The van der Waals surface area contributed by atoms with Crippen molar-refractivity contribution >= 4 is 11.9 Å². The van der Waals surface area contributed by atoms with Gasteiger partial charge in [-0.15, -0.1) is 0 Å². The third-order valence-corrected chi connectivity index (χ3v) is 6.30. The molecule has 5 rings (SSSR count). The van der Waals surface area contributed by atoms with Crippen molar-refractivity contribution in [2.45, 2.75) is 38.3 Å². The molecule has 10 heteroatoms. The predicted molar refractivity (Wildman–Crippen MR) is 118 cm³/mol. The van der Waals surface area contributed by atoms with Crippen molar-refractivity contribution in [3.8, 4) is 0 Å². The Kier molecular flexibility index (Phi) is 6.25. The number of benzene rings is 1. The Morgan fingerprint density at radius 1 is 1.15 bits per heavy atom. The van der Waals surface area contributed by atoms with E-state index in [-0.39, 0.29) is 17.8 Å². The summed E-state index contributed by atoms with van der Waals surface area (Å²) in [5.74, 6) is 0.643. The van der Waals surface area contributed by atoms with Gasteiger partial charge in [0.1, 0.15) is 11.5 Å². The van der Waals surface area contributed by atoms with Gasteiger partial charge in [-0.05, 0) is 54.9 Å². The second-order valence-corrected chi connectivity index (χ2v) is 8.67. The summed E-state index contributed by atoms with van der Waals surface area (Å²) in [7, 11) is 0. The fourth-order valence-electron chi connectivity index (χ4n) is 4.49. The van der Waals surface area contributed by atoms with Crippen molar-refractivity contribution in [1.29, 1.82) is 0 Å². The normalized spacial score (nSPS) is 18.3. The first kappa shape index (κ1) is 21.4. The number of carbonyl (C=O) groups is 1. The molecule has 0 bridgehead atoms. The maximum Gasteiger partial charge on any atom is 0.256 e. The first-order valence-corrected chi connectivity index (χ1v) is 11.2. The number of hydrogen-bond donors (Lipinski definition) is 2. The summed E-state index contributed by atoms with van der Waals surface area (Å²) in [6, 6.07) is 5.04. The van der Waals surface area contributed by atoms with E-state index < -0.39 is 0 Å². The number of H-pyrrole nitrogens is 1. The van der Waals surface area contributed by atoms with Crippen molar-refractivity contribution in [2.75, 3.05) is 25.0 Å². The summed E-state index contributed by atoms with van der Waals surface area (Å²) < 4.78 is 19.1. The molecule has 3 heterocycles. The van der Waals surface area contributed by atoms with Crippen molar-refractivity contribution in [2.24, 2.45) is 5.92 Å². The zero-order valence-corrected chi connectivity index (χ0v) is 18.2. The van der Waals surface area contributed by atoms with Crippen LogP contribution in [0.3, 0.4) is 0 Å². The molecule has 2 aliphatic rings. The molecule has 1 aliphatic heterocycles. The molecular weight excluding hydrogens is 425 g/mol. The number of nitrogens with zero attached hydrogens (tertiary/aromatic N) is 5. The number of halogens is 1. The highest BCUT2D eigenvalue weighted by atomic mass is 19.1. The number of rotatable bonds is 7. The minimum Gasteiger partial charge on any atom is -0.375 e. The molecule has 1 aromatic carbocycles. The van der Waals surface area contributed by atoms with Gasteiger partial charge in [0.25, 0.3) is 5.91 Å². The molecule has 2 N–H and O–H groups in total. The van der Waals surface area contributed by atoms with E-state index in [2.05, 4.69) is 30.7 Å². The lowest BCUT2D eigenvalue weighted by Crippen LogP contribution is -2.39. The second kappa shape index (κ2) is 9.62. The number of aromatic amines is 1. The van der Waals surface area contributed by atoms with E-state index in [1.165, 1.54) is 6.07 Å². The van der Waals surface area contributed by atoms with Crippen LogP contribution in [-0.4, -0.2) is 61.9 Å². The maximum absolute atomic E-state index is 13.4. The first-order chi connectivity index (χ1) is 16.1. The number of nitrogens with one attached hydrogen (secondary N) is 2. The van der Waals surface area contributed by atoms with Crippen molar-refractivity contribution in [3.05, 3.63) is 65.0 Å². The Hall–Kier alpha value is -3.40. The molecule has 1 unspecified atom stereocenters. The van der Waals surface area contributed by atoms with Gasteiger partial charge < -0.3 is 15.0 Å². The summed E-state index contributed by atoms with van der Waals surface area (Å²) >= 11 is 0. The molecule has 9 nitrogen and oxygen atoms in total. The highest BCUT2D eigenvalue weighted by molar-refractivity contribution is 5.93. The molecule has 0 radical (unpaired) electrons. The Morgan fingerprint density at radius 2 is 1.94 bits per heavy atom. The summed E-state index contributed by atoms with van der Waals surface area (Å²) in [4.78, 5) is 23.4. The number of carbonyl (C=O) groups excluding carboxylic acids is 1. The summed E-state index contributed by atoms with van der Waals surface area (Å²) in [5, 5.41) is 13.6. The van der Waals surface area contributed by atoms with Crippen molar-refractivity contribution < 1.29 is 13.9 Å². The van der Waals surface area contributed by atoms with Crippen molar-refractivity contribution in [3.63, 3.8) is 0 Å². The Morgan fingerprint density at radius 3 is 2.70 bits per heavy atom. The lowest BCUT2D eigenvalue weighted by molar-refractivity contribution is 0.0470. The molecule has 2 aromatic heterocycles. The van der Waals surface area contributed by atoms with Gasteiger partial charge in [0.2, 0.25) is 5.95 Å². The molecule has 0 spiro atoms. The van der Waals surface area contributed by atoms with Gasteiger partial charge in [0.05, 0.1) is 25.0 Å². The molecule has 1 amide bonds. The minimum absolute atomic E-state index is 0.0488. The maximum atomic E-state index is 13.4. The van der Waals surface area contributed by atoms with E-state index >= 15 is 0 Å². The number of amides is 1. The van der Waals surface area contributed by atoms with Crippen molar-refractivity contribution in [1.82, 2.24) is 30.3 Å². The third kappa shape index (κ3) is 5.16. The Bertz CT molecular complexity index is 1080. The number of ether oxygens (including phenoxy) is 1. The van der Waals surface area contributed by atoms with E-state index in [0.29, 0.717) is 43.7 Å². The summed E-state index contributed by atoms with van der Waals surface area (Å²) in [6.45, 7) is 2.47. The zero-order chi connectivity index (χ0) is 22.6. The number of aromatic nitrogens is 5. The van der Waals surface area contributed by atoms with Crippen LogP contribution in [-0.2, 0) is 24.2 Å². The molecule has 172 valence electrons. The van der Waals surface area contributed by atoms with Crippen LogP contribution in [0, 0.1) is 11.7 Å². The second-order valence-electron chi connectivity index (χ2n) is 8.67. The molecule has 1 saturated heterocycles. The van der Waals surface area contributed by atoms with E-state index in [9.17, 15) is 9.18 Å². The topological polar surface area (TPSA) is 109 Å². The largest absolute Gasteiger partial charge is 0.375 e. The van der Waals surface area contributed by atoms with Gasteiger partial charge in [-0.1, -0.05) is 6.07 Å². The molecule has 1 atom stereocenters. The molecule has 1 aliphatic carbocycles. The highest BCUT2D eigenvalue weighted by Crippen LogP contribution is 2.25. The predicted octanol–water partition coefficient (Wildman–Crippen LogP) is 2.38. The molecule has 0 saturated carbocycles. The van der Waals surface area contributed by atoms with Crippen LogP contribution in [0.1, 0.15) is 40.0 Å². The van der Waals surface area contributed by atoms with Crippen LogP contribution in [0.2, 0.25) is 0 Å². The van der Waals surface area contributed by atoms with Crippen LogP contribution in [0.25, 0.3) is 0 Å². The van der Waals surface area contributed by atoms with Crippen LogP contribution >= 0.6 is 0 Å². The lowest BCUT2D eigenvalue weighted by atomic mass is 9.97. The van der Waals surface area contributed by atoms with Crippen LogP contribution in [0.5, 0.6) is 0 Å². The van der Waals surface area contributed by atoms with Gasteiger partial charge in [-0.2, -0.15) is 15.4 Å². The number of anilines is 1. The van der Waals surface area contributed by atoms with Gasteiger partial charge >= 0.3 is 0 Å². The number of fused-ring (bicyclic) bond motifs is 1. The summed E-state index contributed by atoms with van der Waals surface area (Å²) in [6.07, 6.45) is 8.13. The number of piperidine rings is 1. The standard InChI is InChI=1S/C23H26FN7O2/c24-19-2-1-16-8-20(9-17(16)7-19)28-23-25-10-18(11-26-23)22(32)31-5-3-15(4-6-31)13-33-14-21-12-27-30-29-21/h1-2,7,10-12,15,20H,3-6,8-9,13-14H2,(H,25,26,28)(H,27,29,30). The van der Waals surface area contributed by atoms with Crippen LogP contribution in [0.15, 0.2) is 36.8 Å². The average Bonchev–Trinajstić information content (AvgIpc) is 3.49. The molecule has 3 aromatic rings. The smallest absolute Gasteiger partial charge is 0.256 e. The lowest BCUT2D eigenvalue weighted by Gasteiger charge is -2.31. The molecular formula is C23H26FN7O2. The van der Waals surface area contributed by atoms with E-state index in [1.807, 2.05) is 11.0 Å². The zero-order valence-electron chi connectivity index (χ0n) is 18.2. The fourth-order valence-corrected chi connectivity index (χ4v) is 4.49. The minimum atomic E-state index is -0.211. The quantitative estimate of drug-likeness (QED) is 0.568. The molecule has 33 heavy (non-hydrogen) atoms. The van der Waals surface area contributed by atoms with E-state index in [4.69, 9.17) is 4.74 Å². The van der Waals surface area contributed by atoms with Crippen LogP contribution in [0.4, 0.5) is 10.3 Å². The number of likely N-dealkylation sites (tertiary alicyclic amines) is 1. The Balaban J connectivity index is 1.08. The van der Waals surface area contributed by atoms with Crippen LogP contribution < -0.4 is 5.32 Å². The monoisotopic (exact) mass is 451 g/mol. The third-order valence-electron chi connectivity index (χ3n) is 6.30. The number of hydrogen-bond acceptors (Lipinski definition) is 7. The first-order valence-electron chi connectivity index (χ1n) is 11.2. The van der Waals surface area contributed by atoms with E-state index in [0.717, 1.165) is 42.5 Å². The fraction of sp³-hybridized carbons (Fsp3) is 0.435.